The smallest absolute Gasteiger partial charge is 0.125 e. The number of rotatable bonds is 5. The Balaban J connectivity index is 2.12. The number of hydrogen-bond donors (Lipinski definition) is 1. The number of thiophene rings is 1. The summed E-state index contributed by atoms with van der Waals surface area (Å²) in [7, 11) is 0. The molecule has 18 heavy (non-hydrogen) atoms. The van der Waals surface area contributed by atoms with Crippen LogP contribution in [0.5, 0.6) is 5.75 Å². The molecule has 0 unspecified atom stereocenters. The number of aliphatic hydroxyl groups is 1. The Kier molecular flexibility index (Phi) is 4.80. The summed E-state index contributed by atoms with van der Waals surface area (Å²) < 4.78 is 6.88. The van der Waals surface area contributed by atoms with E-state index in [2.05, 4.69) is 15.9 Å². The van der Waals surface area contributed by atoms with E-state index in [1.165, 1.54) is 0 Å². The molecule has 0 amide bonds. The van der Waals surface area contributed by atoms with Crippen molar-refractivity contribution in [3.05, 3.63) is 50.6 Å². The number of aliphatic hydroxyl groups excluding tert-OH is 1. The van der Waals surface area contributed by atoms with Crippen LogP contribution >= 0.6 is 27.3 Å². The van der Waals surface area contributed by atoms with Gasteiger partial charge in [-0.25, -0.2) is 0 Å². The quantitative estimate of drug-likeness (QED) is 0.874. The molecule has 1 aromatic heterocycles. The van der Waals surface area contributed by atoms with Gasteiger partial charge in [0.25, 0.3) is 0 Å². The average Bonchev–Trinajstić information content (AvgIpc) is 2.81. The lowest BCUT2D eigenvalue weighted by molar-refractivity contribution is 0.166. The van der Waals surface area contributed by atoms with E-state index in [4.69, 9.17) is 4.74 Å². The third kappa shape index (κ3) is 3.13. The van der Waals surface area contributed by atoms with Gasteiger partial charge in [-0.1, -0.05) is 25.1 Å². The summed E-state index contributed by atoms with van der Waals surface area (Å²) in [5.41, 5.74) is 0.854. The minimum atomic E-state index is -0.465. The van der Waals surface area contributed by atoms with Crippen molar-refractivity contribution in [1.29, 1.82) is 0 Å². The molecular formula is C14H15BrO2S. The largest absolute Gasteiger partial charge is 0.488 e. The van der Waals surface area contributed by atoms with Crippen molar-refractivity contribution in [3.8, 4) is 5.75 Å². The molecule has 0 radical (unpaired) electrons. The Bertz CT molecular complexity index is 510. The molecule has 0 fully saturated rings. The Hall–Kier alpha value is -0.840. The van der Waals surface area contributed by atoms with E-state index in [1.54, 1.807) is 11.3 Å². The van der Waals surface area contributed by atoms with Crippen molar-refractivity contribution in [2.24, 2.45) is 0 Å². The van der Waals surface area contributed by atoms with Crippen molar-refractivity contribution in [3.63, 3.8) is 0 Å². The second-order valence-electron chi connectivity index (χ2n) is 3.94. The van der Waals surface area contributed by atoms with Crippen LogP contribution in [-0.2, 0) is 6.61 Å². The molecule has 0 saturated carbocycles. The molecule has 0 aliphatic rings. The molecule has 96 valence electrons. The van der Waals surface area contributed by atoms with Gasteiger partial charge in [0, 0.05) is 10.0 Å². The molecule has 0 saturated heterocycles. The van der Waals surface area contributed by atoms with Gasteiger partial charge in [-0.15, -0.1) is 11.3 Å². The lowest BCUT2D eigenvalue weighted by Gasteiger charge is -2.14. The van der Waals surface area contributed by atoms with Gasteiger partial charge in [-0.2, -0.15) is 0 Å². The lowest BCUT2D eigenvalue weighted by Crippen LogP contribution is -2.01. The predicted octanol–water partition coefficient (Wildman–Crippen LogP) is 4.53. The maximum absolute atomic E-state index is 9.94. The normalized spacial score (nSPS) is 12.4. The fourth-order valence-electron chi connectivity index (χ4n) is 1.68. The van der Waals surface area contributed by atoms with Crippen LogP contribution in [0, 0.1) is 0 Å². The summed E-state index contributed by atoms with van der Waals surface area (Å²) >= 11 is 5.14. The minimum Gasteiger partial charge on any atom is -0.488 e. The van der Waals surface area contributed by atoms with Gasteiger partial charge in [-0.05, 0) is 39.9 Å². The maximum atomic E-state index is 9.94. The molecule has 1 heterocycles. The summed E-state index contributed by atoms with van der Waals surface area (Å²) in [5, 5.41) is 12.0. The highest BCUT2D eigenvalue weighted by Crippen LogP contribution is 2.29. The first-order valence-corrected chi connectivity index (χ1v) is 7.51. The van der Waals surface area contributed by atoms with E-state index < -0.39 is 6.10 Å². The van der Waals surface area contributed by atoms with Crippen LogP contribution in [0.3, 0.4) is 0 Å². The average molecular weight is 327 g/mol. The fourth-order valence-corrected chi connectivity index (χ4v) is 3.06. The molecular weight excluding hydrogens is 312 g/mol. The first-order valence-electron chi connectivity index (χ1n) is 5.84. The van der Waals surface area contributed by atoms with Gasteiger partial charge < -0.3 is 9.84 Å². The van der Waals surface area contributed by atoms with Gasteiger partial charge >= 0.3 is 0 Å². The number of hydrogen-bond acceptors (Lipinski definition) is 3. The summed E-state index contributed by atoms with van der Waals surface area (Å²) in [6.45, 7) is 2.48. The second kappa shape index (κ2) is 6.36. The lowest BCUT2D eigenvalue weighted by atomic mass is 10.1. The summed E-state index contributed by atoms with van der Waals surface area (Å²) in [6, 6.07) is 9.66. The van der Waals surface area contributed by atoms with Crippen LogP contribution in [0.25, 0.3) is 0 Å². The first kappa shape index (κ1) is 13.6. The van der Waals surface area contributed by atoms with Gasteiger partial charge in [0.1, 0.15) is 12.4 Å². The van der Waals surface area contributed by atoms with E-state index in [0.717, 1.165) is 20.7 Å². The van der Waals surface area contributed by atoms with Gasteiger partial charge in [0.15, 0.2) is 0 Å². The highest BCUT2D eigenvalue weighted by Gasteiger charge is 2.11. The molecule has 2 rings (SSSR count). The second-order valence-corrected chi connectivity index (χ2v) is 5.80. The Morgan fingerprint density at radius 3 is 2.78 bits per heavy atom. The molecule has 0 spiro atoms. The van der Waals surface area contributed by atoms with Crippen molar-refractivity contribution in [1.82, 2.24) is 0 Å². The van der Waals surface area contributed by atoms with Crippen molar-refractivity contribution in [2.75, 3.05) is 0 Å². The summed E-state index contributed by atoms with van der Waals surface area (Å²) in [6.07, 6.45) is 0.219. The van der Waals surface area contributed by atoms with Crippen LogP contribution in [0.2, 0.25) is 0 Å². The Labute approximate surface area is 119 Å². The third-order valence-corrected chi connectivity index (χ3v) is 4.61. The molecule has 2 aromatic rings. The highest BCUT2D eigenvalue weighted by atomic mass is 79.9. The van der Waals surface area contributed by atoms with E-state index in [1.807, 2.05) is 42.6 Å². The molecule has 0 bridgehead atoms. The number of benzene rings is 1. The highest BCUT2D eigenvalue weighted by molar-refractivity contribution is 9.10. The van der Waals surface area contributed by atoms with E-state index >= 15 is 0 Å². The summed E-state index contributed by atoms with van der Waals surface area (Å²) in [4.78, 5) is 1.15. The molecule has 1 atom stereocenters. The van der Waals surface area contributed by atoms with Crippen LogP contribution in [0.15, 0.2) is 40.2 Å². The minimum absolute atomic E-state index is 0.465. The molecule has 0 aliphatic carbocycles. The molecule has 4 heteroatoms. The van der Waals surface area contributed by atoms with E-state index in [9.17, 15) is 5.11 Å². The molecule has 2 nitrogen and oxygen atoms in total. The van der Waals surface area contributed by atoms with Gasteiger partial charge in [-0.3, -0.25) is 0 Å². The molecule has 1 N–H and O–H groups in total. The van der Waals surface area contributed by atoms with E-state index in [-0.39, 0.29) is 0 Å². The van der Waals surface area contributed by atoms with Gasteiger partial charge in [0.05, 0.1) is 11.0 Å². The SMILES string of the molecule is CC[C@H](O)c1ccccc1OCc1sccc1Br. The van der Waals surface area contributed by atoms with Gasteiger partial charge in [0.2, 0.25) is 0 Å². The number of ether oxygens (including phenoxy) is 1. The predicted molar refractivity (Wildman–Crippen MR) is 78.0 cm³/mol. The summed E-state index contributed by atoms with van der Waals surface area (Å²) in [5.74, 6) is 0.757. The standard InChI is InChI=1S/C14H15BrO2S/c1-2-12(16)10-5-3-4-6-13(10)17-9-14-11(15)7-8-18-14/h3-8,12,16H,2,9H2,1H3/t12-/m0/s1. The first-order chi connectivity index (χ1) is 8.72. The zero-order valence-electron chi connectivity index (χ0n) is 10.1. The van der Waals surface area contributed by atoms with Crippen molar-refractivity contribution >= 4 is 27.3 Å². The Morgan fingerprint density at radius 1 is 1.33 bits per heavy atom. The zero-order valence-corrected chi connectivity index (χ0v) is 12.5. The Morgan fingerprint density at radius 2 is 2.11 bits per heavy atom. The fraction of sp³-hybridized carbons (Fsp3) is 0.286. The van der Waals surface area contributed by atoms with Crippen LogP contribution < -0.4 is 4.74 Å². The number of para-hydroxylation sites is 1. The third-order valence-electron chi connectivity index (χ3n) is 2.71. The van der Waals surface area contributed by atoms with Crippen LogP contribution in [0.1, 0.15) is 29.9 Å². The maximum Gasteiger partial charge on any atom is 0.125 e. The topological polar surface area (TPSA) is 29.5 Å². The number of halogens is 1. The molecule has 0 aliphatic heterocycles. The van der Waals surface area contributed by atoms with Crippen molar-refractivity contribution in [2.45, 2.75) is 26.1 Å². The zero-order chi connectivity index (χ0) is 13.0. The van der Waals surface area contributed by atoms with Crippen LogP contribution in [0.4, 0.5) is 0 Å². The molecule has 1 aromatic carbocycles. The van der Waals surface area contributed by atoms with Crippen molar-refractivity contribution < 1.29 is 9.84 Å². The van der Waals surface area contributed by atoms with E-state index in [0.29, 0.717) is 13.0 Å². The van der Waals surface area contributed by atoms with Crippen LogP contribution in [-0.4, -0.2) is 5.11 Å². The monoisotopic (exact) mass is 326 g/mol.